The zero-order valence-corrected chi connectivity index (χ0v) is 10.8. The number of aliphatic hydroxyl groups excluding tert-OH is 1. The fraction of sp³-hybridized carbons (Fsp3) is 0.250. The first kappa shape index (κ1) is 14.2. The molecule has 0 atom stereocenters. The Labute approximate surface area is 118 Å². The van der Waals surface area contributed by atoms with E-state index in [9.17, 15) is 0 Å². The van der Waals surface area contributed by atoms with E-state index in [1.165, 1.54) is 0 Å². The van der Waals surface area contributed by atoms with Crippen LogP contribution in [0.15, 0.2) is 0 Å². The normalized spacial score (nSPS) is 10.1. The van der Waals surface area contributed by atoms with Gasteiger partial charge in [0.05, 0.1) is 6.67 Å². The SMILES string of the molecule is Nc1nc(N)nc(NCNc2nc(N)nc(NCO)n2)n1. The highest BCUT2D eigenvalue weighted by Crippen LogP contribution is 2.07. The Kier molecular flexibility index (Phi) is 4.25. The molecule has 0 saturated heterocycles. The first-order chi connectivity index (χ1) is 10.1. The predicted octanol–water partition coefficient (Wildman–Crippen LogP) is -2.35. The molecule has 0 unspecified atom stereocenters. The number of hydrogen-bond acceptors (Lipinski definition) is 13. The van der Waals surface area contributed by atoms with E-state index in [1.807, 2.05) is 0 Å². The summed E-state index contributed by atoms with van der Waals surface area (Å²) in [4.78, 5) is 22.9. The molecule has 0 saturated carbocycles. The molecule has 13 nitrogen and oxygen atoms in total. The molecule has 21 heavy (non-hydrogen) atoms. The summed E-state index contributed by atoms with van der Waals surface area (Å²) < 4.78 is 0. The van der Waals surface area contributed by atoms with Gasteiger partial charge >= 0.3 is 0 Å². The van der Waals surface area contributed by atoms with E-state index in [0.29, 0.717) is 0 Å². The van der Waals surface area contributed by atoms with Crippen LogP contribution in [0.4, 0.5) is 35.7 Å². The maximum Gasteiger partial charge on any atom is 0.231 e. The molecule has 0 aliphatic carbocycles. The van der Waals surface area contributed by atoms with Crippen molar-refractivity contribution in [3.8, 4) is 0 Å². The van der Waals surface area contributed by atoms with Crippen LogP contribution in [0.3, 0.4) is 0 Å². The van der Waals surface area contributed by atoms with Crippen LogP contribution in [0.5, 0.6) is 0 Å². The van der Waals surface area contributed by atoms with Crippen LogP contribution in [-0.2, 0) is 0 Å². The minimum atomic E-state index is -0.329. The molecule has 0 spiro atoms. The van der Waals surface area contributed by atoms with Gasteiger partial charge in [0.15, 0.2) is 0 Å². The summed E-state index contributed by atoms with van der Waals surface area (Å²) in [6, 6.07) is 0. The number of hydrogen-bond donors (Lipinski definition) is 7. The number of nitrogens with two attached hydrogens (primary N) is 3. The largest absolute Gasteiger partial charge is 0.376 e. The molecule has 0 aliphatic heterocycles. The lowest BCUT2D eigenvalue weighted by Crippen LogP contribution is -2.18. The molecule has 2 heterocycles. The van der Waals surface area contributed by atoms with E-state index >= 15 is 0 Å². The van der Waals surface area contributed by atoms with Gasteiger partial charge in [-0.2, -0.15) is 29.9 Å². The van der Waals surface area contributed by atoms with E-state index in [4.69, 9.17) is 22.3 Å². The van der Waals surface area contributed by atoms with Crippen LogP contribution in [0.2, 0.25) is 0 Å². The molecule has 0 aromatic carbocycles. The van der Waals surface area contributed by atoms with Gasteiger partial charge in [-0.3, -0.25) is 0 Å². The average Bonchev–Trinajstić information content (AvgIpc) is 2.37. The molecule has 112 valence electrons. The van der Waals surface area contributed by atoms with E-state index < -0.39 is 0 Å². The van der Waals surface area contributed by atoms with Gasteiger partial charge in [0.2, 0.25) is 35.7 Å². The molecule has 2 rings (SSSR count). The van der Waals surface area contributed by atoms with Gasteiger partial charge < -0.3 is 38.3 Å². The molecule has 0 bridgehead atoms. The van der Waals surface area contributed by atoms with E-state index in [1.54, 1.807) is 0 Å². The molecular formula is C8H14N12O. The molecule has 13 heteroatoms. The number of rotatable bonds is 6. The third-order valence-corrected chi connectivity index (χ3v) is 2.05. The molecule has 0 aliphatic rings. The number of nitrogens with one attached hydrogen (secondary N) is 3. The van der Waals surface area contributed by atoms with Gasteiger partial charge in [0.1, 0.15) is 6.73 Å². The second-order valence-corrected chi connectivity index (χ2v) is 3.58. The van der Waals surface area contributed by atoms with Crippen LogP contribution in [0.25, 0.3) is 0 Å². The minimum absolute atomic E-state index is 0.00269. The Balaban J connectivity index is 1.96. The summed E-state index contributed by atoms with van der Waals surface area (Å²) in [5.41, 5.74) is 16.4. The van der Waals surface area contributed by atoms with Gasteiger partial charge in [-0.05, 0) is 0 Å². The minimum Gasteiger partial charge on any atom is -0.376 e. The van der Waals surface area contributed by atoms with Crippen molar-refractivity contribution in [3.63, 3.8) is 0 Å². The number of aromatic nitrogens is 6. The third kappa shape index (κ3) is 4.13. The third-order valence-electron chi connectivity index (χ3n) is 2.05. The lowest BCUT2D eigenvalue weighted by atomic mass is 10.7. The highest BCUT2D eigenvalue weighted by atomic mass is 16.3. The Hall–Kier alpha value is -3.22. The van der Waals surface area contributed by atoms with Gasteiger partial charge in [-0.1, -0.05) is 0 Å². The number of aliphatic hydroxyl groups is 1. The van der Waals surface area contributed by atoms with Gasteiger partial charge in [0.25, 0.3) is 0 Å². The average molecular weight is 294 g/mol. The standard InChI is InChI=1S/C8H14N12O/c9-3-15-4(10)17-6(16-3)12-1-13-7-18-5(11)19-8(20-7)14-2-21/h21H,1-2H2,(H5,9,10,12,15,16,17)(H4,11,13,14,18,19,20). The van der Waals surface area contributed by atoms with E-state index in [2.05, 4.69) is 45.9 Å². The maximum absolute atomic E-state index is 8.75. The summed E-state index contributed by atoms with van der Waals surface area (Å²) in [5.74, 6) is 0.537. The summed E-state index contributed by atoms with van der Waals surface area (Å²) >= 11 is 0. The maximum atomic E-state index is 8.75. The van der Waals surface area contributed by atoms with E-state index in [-0.39, 0.29) is 49.1 Å². The van der Waals surface area contributed by atoms with Crippen molar-refractivity contribution in [2.45, 2.75) is 0 Å². The van der Waals surface area contributed by atoms with Crippen molar-refractivity contribution in [1.82, 2.24) is 29.9 Å². The first-order valence-corrected chi connectivity index (χ1v) is 5.68. The summed E-state index contributed by atoms with van der Waals surface area (Å²) in [6.45, 7) is -0.157. The fourth-order valence-electron chi connectivity index (χ4n) is 1.31. The molecule has 2 aromatic rings. The molecule has 0 amide bonds. The van der Waals surface area contributed by atoms with E-state index in [0.717, 1.165) is 0 Å². The van der Waals surface area contributed by atoms with Gasteiger partial charge in [-0.25, -0.2) is 0 Å². The summed E-state index contributed by atoms with van der Waals surface area (Å²) in [6.07, 6.45) is 0. The lowest BCUT2D eigenvalue weighted by molar-refractivity contribution is 0.324. The molecule has 0 fully saturated rings. The van der Waals surface area contributed by atoms with Crippen molar-refractivity contribution in [2.75, 3.05) is 46.6 Å². The number of anilines is 6. The van der Waals surface area contributed by atoms with Crippen LogP contribution in [0.1, 0.15) is 0 Å². The van der Waals surface area contributed by atoms with Crippen LogP contribution < -0.4 is 33.2 Å². The Morgan fingerprint density at radius 3 is 1.62 bits per heavy atom. The highest BCUT2D eigenvalue weighted by Gasteiger charge is 2.04. The molecule has 0 radical (unpaired) electrons. The smallest absolute Gasteiger partial charge is 0.231 e. The van der Waals surface area contributed by atoms with Crippen LogP contribution in [0, 0.1) is 0 Å². The Morgan fingerprint density at radius 2 is 1.10 bits per heavy atom. The summed E-state index contributed by atoms with van der Waals surface area (Å²) in [7, 11) is 0. The van der Waals surface area contributed by atoms with Crippen molar-refractivity contribution >= 4 is 35.7 Å². The zero-order valence-electron chi connectivity index (χ0n) is 10.8. The summed E-state index contributed by atoms with van der Waals surface area (Å²) in [5, 5.41) is 16.9. The van der Waals surface area contributed by atoms with Crippen molar-refractivity contribution in [3.05, 3.63) is 0 Å². The fourth-order valence-corrected chi connectivity index (χ4v) is 1.31. The molecule has 2 aromatic heterocycles. The first-order valence-electron chi connectivity index (χ1n) is 5.68. The number of nitrogens with zero attached hydrogens (tertiary/aromatic N) is 6. The van der Waals surface area contributed by atoms with Crippen LogP contribution >= 0.6 is 0 Å². The topological polar surface area (TPSA) is 212 Å². The monoisotopic (exact) mass is 294 g/mol. The van der Waals surface area contributed by atoms with Crippen molar-refractivity contribution in [2.24, 2.45) is 0 Å². The number of nitrogen functional groups attached to an aromatic ring is 3. The van der Waals surface area contributed by atoms with Gasteiger partial charge in [0, 0.05) is 0 Å². The van der Waals surface area contributed by atoms with Crippen LogP contribution in [-0.4, -0.2) is 48.4 Å². The Bertz CT molecular complexity index is 598. The molecular weight excluding hydrogens is 280 g/mol. The second-order valence-electron chi connectivity index (χ2n) is 3.58. The van der Waals surface area contributed by atoms with Gasteiger partial charge in [-0.15, -0.1) is 0 Å². The Morgan fingerprint density at radius 1 is 0.667 bits per heavy atom. The quantitative estimate of drug-likeness (QED) is 0.278. The predicted molar refractivity (Wildman–Crippen MR) is 75.7 cm³/mol. The highest BCUT2D eigenvalue weighted by molar-refractivity contribution is 5.41. The second kappa shape index (κ2) is 6.29. The molecule has 10 N–H and O–H groups in total. The zero-order chi connectivity index (χ0) is 15.2. The van der Waals surface area contributed by atoms with Crippen molar-refractivity contribution in [1.29, 1.82) is 0 Å². The van der Waals surface area contributed by atoms with Crippen molar-refractivity contribution < 1.29 is 5.11 Å². The lowest BCUT2D eigenvalue weighted by Gasteiger charge is -2.09.